The highest BCUT2D eigenvalue weighted by Gasteiger charge is 2.24. The number of hydrogen-bond donors (Lipinski definition) is 2. The maximum absolute atomic E-state index is 9.20. The molecule has 1 aliphatic rings. The Balaban J connectivity index is 1.55. The fourth-order valence-corrected chi connectivity index (χ4v) is 2.10. The van der Waals surface area contributed by atoms with Gasteiger partial charge in [0.1, 0.15) is 5.75 Å². The van der Waals surface area contributed by atoms with E-state index < -0.39 is 0 Å². The van der Waals surface area contributed by atoms with E-state index in [1.54, 1.807) is 12.1 Å². The molecule has 3 rings (SSSR count). The maximum Gasteiger partial charge on any atom is 0.115 e. The van der Waals surface area contributed by atoms with Crippen molar-refractivity contribution in [3.8, 4) is 5.75 Å². The molecule has 0 amide bonds. The molecule has 2 N–H and O–H groups in total. The minimum absolute atomic E-state index is 0.311. The first kappa shape index (κ1) is 11.3. The molecule has 0 unspecified atom stereocenters. The average Bonchev–Trinajstić information content (AvgIpc) is 3.12. The van der Waals surface area contributed by atoms with Crippen LogP contribution in [-0.4, -0.2) is 14.7 Å². The monoisotopic (exact) mass is 243 g/mol. The molecule has 1 saturated carbocycles. The second-order valence-electron chi connectivity index (χ2n) is 4.79. The summed E-state index contributed by atoms with van der Waals surface area (Å²) in [6, 6.07) is 7.97. The lowest BCUT2D eigenvalue weighted by Gasteiger charge is -2.08. The highest BCUT2D eigenvalue weighted by molar-refractivity contribution is 5.25. The quantitative estimate of drug-likeness (QED) is 0.846. The van der Waals surface area contributed by atoms with Gasteiger partial charge in [-0.3, -0.25) is 0 Å². The Kier molecular flexibility index (Phi) is 3.02. The molecule has 0 bridgehead atoms. The third kappa shape index (κ3) is 2.54. The van der Waals surface area contributed by atoms with Crippen LogP contribution in [0.1, 0.15) is 30.1 Å². The van der Waals surface area contributed by atoms with Crippen LogP contribution >= 0.6 is 0 Å². The van der Waals surface area contributed by atoms with Crippen molar-refractivity contribution in [3.63, 3.8) is 0 Å². The molecule has 0 aliphatic heterocycles. The van der Waals surface area contributed by atoms with E-state index in [0.717, 1.165) is 13.1 Å². The van der Waals surface area contributed by atoms with E-state index in [1.165, 1.54) is 24.1 Å². The molecule has 1 aliphatic carbocycles. The summed E-state index contributed by atoms with van der Waals surface area (Å²) < 4.78 is 2.27. The molecule has 0 atom stereocenters. The number of nitrogens with zero attached hydrogens (tertiary/aromatic N) is 2. The molecule has 2 aromatic rings. The van der Waals surface area contributed by atoms with Crippen molar-refractivity contribution in [1.29, 1.82) is 0 Å². The fourth-order valence-electron chi connectivity index (χ4n) is 2.10. The molecule has 18 heavy (non-hydrogen) atoms. The van der Waals surface area contributed by atoms with Gasteiger partial charge in [0.05, 0.1) is 12.0 Å². The summed E-state index contributed by atoms with van der Waals surface area (Å²) in [7, 11) is 0. The van der Waals surface area contributed by atoms with E-state index in [-0.39, 0.29) is 0 Å². The van der Waals surface area contributed by atoms with Crippen molar-refractivity contribution in [3.05, 3.63) is 48.0 Å². The van der Waals surface area contributed by atoms with Crippen molar-refractivity contribution >= 4 is 0 Å². The Morgan fingerprint density at radius 1 is 1.22 bits per heavy atom. The molecule has 0 spiro atoms. The highest BCUT2D eigenvalue weighted by atomic mass is 16.3. The Morgan fingerprint density at radius 3 is 2.72 bits per heavy atom. The maximum atomic E-state index is 9.20. The number of benzene rings is 1. The molecule has 1 heterocycles. The molecule has 0 radical (unpaired) electrons. The summed E-state index contributed by atoms with van der Waals surface area (Å²) in [4.78, 5) is 4.21. The summed E-state index contributed by atoms with van der Waals surface area (Å²) in [5.74, 6) is 0.311. The summed E-state index contributed by atoms with van der Waals surface area (Å²) >= 11 is 0. The Bertz CT molecular complexity index is 514. The van der Waals surface area contributed by atoms with Gasteiger partial charge in [0.25, 0.3) is 0 Å². The van der Waals surface area contributed by atoms with Gasteiger partial charge in [0, 0.05) is 25.3 Å². The van der Waals surface area contributed by atoms with Gasteiger partial charge in [-0.1, -0.05) is 12.1 Å². The van der Waals surface area contributed by atoms with E-state index in [4.69, 9.17) is 0 Å². The van der Waals surface area contributed by atoms with E-state index in [9.17, 15) is 5.11 Å². The Labute approximate surface area is 106 Å². The molecule has 1 aromatic carbocycles. The van der Waals surface area contributed by atoms with Crippen molar-refractivity contribution in [2.24, 2.45) is 0 Å². The summed E-state index contributed by atoms with van der Waals surface area (Å²) in [6.45, 7) is 1.63. The summed E-state index contributed by atoms with van der Waals surface area (Å²) in [5.41, 5.74) is 2.42. The smallest absolute Gasteiger partial charge is 0.115 e. The highest BCUT2D eigenvalue weighted by Crippen LogP contribution is 2.35. The second-order valence-corrected chi connectivity index (χ2v) is 4.79. The second kappa shape index (κ2) is 4.82. The number of hydrogen-bond acceptors (Lipinski definition) is 3. The first-order valence-corrected chi connectivity index (χ1v) is 6.32. The van der Waals surface area contributed by atoms with Crippen LogP contribution in [-0.2, 0) is 13.1 Å². The van der Waals surface area contributed by atoms with Crippen LogP contribution in [0.4, 0.5) is 0 Å². The molecule has 0 saturated heterocycles. The van der Waals surface area contributed by atoms with Crippen LogP contribution < -0.4 is 5.32 Å². The molecule has 4 heteroatoms. The van der Waals surface area contributed by atoms with Crippen molar-refractivity contribution in [2.45, 2.75) is 32.0 Å². The zero-order chi connectivity index (χ0) is 12.4. The van der Waals surface area contributed by atoms with Gasteiger partial charge in [0.2, 0.25) is 0 Å². The largest absolute Gasteiger partial charge is 0.508 e. The Hall–Kier alpha value is -1.81. The zero-order valence-corrected chi connectivity index (χ0v) is 10.2. The molecule has 1 fully saturated rings. The van der Waals surface area contributed by atoms with Crippen LogP contribution in [0.5, 0.6) is 5.75 Å². The molecule has 1 aromatic heterocycles. The van der Waals surface area contributed by atoms with Gasteiger partial charge in [-0.05, 0) is 30.5 Å². The van der Waals surface area contributed by atoms with Crippen LogP contribution in [0, 0.1) is 0 Å². The normalized spacial score (nSPS) is 14.9. The van der Waals surface area contributed by atoms with Crippen LogP contribution in [0.2, 0.25) is 0 Å². The molecular formula is C14H17N3O. The number of nitrogens with one attached hydrogen (secondary N) is 1. The van der Waals surface area contributed by atoms with E-state index in [1.807, 2.05) is 24.7 Å². The SMILES string of the molecule is Oc1ccc(CNCc2cncn2C2CC2)cc1. The lowest BCUT2D eigenvalue weighted by molar-refractivity contribution is 0.475. The van der Waals surface area contributed by atoms with E-state index >= 15 is 0 Å². The topological polar surface area (TPSA) is 50.1 Å². The van der Waals surface area contributed by atoms with Crippen LogP contribution in [0.3, 0.4) is 0 Å². The minimum Gasteiger partial charge on any atom is -0.508 e. The van der Waals surface area contributed by atoms with Gasteiger partial charge in [-0.25, -0.2) is 4.98 Å². The number of imidazole rings is 1. The predicted molar refractivity (Wildman–Crippen MR) is 69.1 cm³/mol. The fraction of sp³-hybridized carbons (Fsp3) is 0.357. The predicted octanol–water partition coefficient (Wildman–Crippen LogP) is 2.21. The number of rotatable bonds is 5. The zero-order valence-electron chi connectivity index (χ0n) is 10.2. The molecule has 4 nitrogen and oxygen atoms in total. The van der Waals surface area contributed by atoms with E-state index in [0.29, 0.717) is 11.8 Å². The van der Waals surface area contributed by atoms with Crippen molar-refractivity contribution in [2.75, 3.05) is 0 Å². The minimum atomic E-state index is 0.311. The van der Waals surface area contributed by atoms with Gasteiger partial charge < -0.3 is 15.0 Å². The number of phenols is 1. The first-order chi connectivity index (χ1) is 8.83. The van der Waals surface area contributed by atoms with Crippen LogP contribution in [0.25, 0.3) is 0 Å². The standard InChI is InChI=1S/C14H17N3O/c18-14-5-1-11(2-6-14)7-15-8-13-9-16-10-17(13)12-3-4-12/h1-2,5-6,9-10,12,15,18H,3-4,7-8H2. The lowest BCUT2D eigenvalue weighted by atomic mass is 10.2. The number of aromatic hydroxyl groups is 1. The van der Waals surface area contributed by atoms with Crippen LogP contribution in [0.15, 0.2) is 36.8 Å². The number of phenolic OH excluding ortho intramolecular Hbond substituents is 1. The Morgan fingerprint density at radius 2 is 2.00 bits per heavy atom. The van der Waals surface area contributed by atoms with Gasteiger partial charge in [-0.2, -0.15) is 0 Å². The third-order valence-electron chi connectivity index (χ3n) is 3.26. The molecule has 94 valence electrons. The average molecular weight is 243 g/mol. The van der Waals surface area contributed by atoms with Gasteiger partial charge in [-0.15, -0.1) is 0 Å². The van der Waals surface area contributed by atoms with Crippen molar-refractivity contribution in [1.82, 2.24) is 14.9 Å². The lowest BCUT2D eigenvalue weighted by Crippen LogP contribution is -2.15. The van der Waals surface area contributed by atoms with Gasteiger partial charge >= 0.3 is 0 Å². The first-order valence-electron chi connectivity index (χ1n) is 6.32. The van der Waals surface area contributed by atoms with Gasteiger partial charge in [0.15, 0.2) is 0 Å². The third-order valence-corrected chi connectivity index (χ3v) is 3.26. The van der Waals surface area contributed by atoms with Crippen molar-refractivity contribution < 1.29 is 5.11 Å². The van der Waals surface area contributed by atoms with E-state index in [2.05, 4.69) is 14.9 Å². The molecular weight excluding hydrogens is 226 g/mol. The summed E-state index contributed by atoms with van der Waals surface area (Å²) in [6.07, 6.45) is 6.42. The number of aromatic nitrogens is 2. The summed E-state index contributed by atoms with van der Waals surface area (Å²) in [5, 5.41) is 12.6.